The number of Topliss-reactive ketones (excluding diaryl/α,β-unsaturated/α-hetero) is 1. The van der Waals surface area contributed by atoms with E-state index < -0.39 is 23.0 Å². The van der Waals surface area contributed by atoms with Crippen LogP contribution >= 0.6 is 24.8 Å². The van der Waals surface area contributed by atoms with Crippen molar-refractivity contribution < 1.29 is 24.1 Å². The second-order valence-electron chi connectivity index (χ2n) is 8.89. The summed E-state index contributed by atoms with van der Waals surface area (Å²) in [6, 6.07) is 0. The Labute approximate surface area is 193 Å². The molecule has 0 bridgehead atoms. The number of allylic oxidation sites excluding steroid dienone is 4. The van der Waals surface area contributed by atoms with Crippen molar-refractivity contribution in [3.8, 4) is 0 Å². The van der Waals surface area contributed by atoms with Crippen molar-refractivity contribution >= 4 is 53.5 Å². The Balaban J connectivity index is 2.96. The summed E-state index contributed by atoms with van der Waals surface area (Å²) in [4.78, 5) is 46.6. The highest BCUT2D eigenvalue weighted by Gasteiger charge is 2.34. The van der Waals surface area contributed by atoms with Crippen molar-refractivity contribution in [2.45, 2.75) is 48.5 Å². The summed E-state index contributed by atoms with van der Waals surface area (Å²) in [7, 11) is 2.80. The molecule has 1 aliphatic rings. The molecule has 0 spiro atoms. The molecule has 0 N–H and O–H groups in total. The van der Waals surface area contributed by atoms with Crippen LogP contribution in [-0.2, 0) is 14.5 Å². The summed E-state index contributed by atoms with van der Waals surface area (Å²) in [5, 5.41) is 7.62. The Morgan fingerprint density at radius 3 is 1.74 bits per heavy atom. The van der Waals surface area contributed by atoms with Crippen LogP contribution in [0.3, 0.4) is 0 Å². The molecule has 0 fully saturated rings. The zero-order chi connectivity index (χ0) is 24.1. The van der Waals surface area contributed by atoms with Crippen LogP contribution in [0.25, 0.3) is 0 Å². The summed E-state index contributed by atoms with van der Waals surface area (Å²) in [5.74, 6) is -0.0443. The van der Waals surface area contributed by atoms with Gasteiger partial charge in [0.05, 0.1) is 12.1 Å². The maximum Gasteiger partial charge on any atom is 0.447 e. The minimum absolute atomic E-state index is 0.0443. The SMILES string of the molecule is CC(S)=NOC(=O)N(C)SN(C)C(=O)ON=C1C=C(C(C)(C)C)C(=O)C(C(C)(C)C)=C1. The molecule has 0 unspecified atom stereocenters. The zero-order valence-corrected chi connectivity index (χ0v) is 21.1. The fourth-order valence-corrected chi connectivity index (χ4v) is 2.95. The number of thiol groups is 1. The minimum atomic E-state index is -0.820. The Morgan fingerprint density at radius 2 is 1.35 bits per heavy atom. The standard InChI is InChI=1S/C20H30N4O5S2/c1-12(30)21-28-17(26)23(8)31-24(9)18(27)29-22-13-10-14(19(2,3)4)16(25)15(11-13)20(5,6)7/h10-11H,1-9H3,(H,21,30). The molecular weight excluding hydrogens is 440 g/mol. The highest BCUT2D eigenvalue weighted by molar-refractivity contribution is 7.96. The van der Waals surface area contributed by atoms with Gasteiger partial charge < -0.3 is 0 Å². The number of hydrogen-bond donors (Lipinski definition) is 1. The Hall–Kier alpha value is -2.27. The Kier molecular flexibility index (Phi) is 8.95. The first-order chi connectivity index (χ1) is 14.0. The van der Waals surface area contributed by atoms with Crippen molar-refractivity contribution in [2.24, 2.45) is 21.1 Å². The van der Waals surface area contributed by atoms with Crippen molar-refractivity contribution in [3.05, 3.63) is 23.3 Å². The zero-order valence-electron chi connectivity index (χ0n) is 19.3. The molecular formula is C20H30N4O5S2. The van der Waals surface area contributed by atoms with E-state index >= 15 is 0 Å². The van der Waals surface area contributed by atoms with E-state index in [0.717, 1.165) is 20.7 Å². The van der Waals surface area contributed by atoms with E-state index in [1.165, 1.54) is 14.1 Å². The topological polar surface area (TPSA) is 101 Å². The first-order valence-corrected chi connectivity index (χ1v) is 10.6. The smallest absolute Gasteiger partial charge is 0.297 e. The lowest BCUT2D eigenvalue weighted by Crippen LogP contribution is -2.30. The number of amides is 2. The molecule has 2 amide bonds. The quantitative estimate of drug-likeness (QED) is 0.120. The predicted octanol–water partition coefficient (Wildman–Crippen LogP) is 4.83. The molecule has 0 atom stereocenters. The van der Waals surface area contributed by atoms with Crippen molar-refractivity contribution in [1.29, 1.82) is 0 Å². The second-order valence-corrected chi connectivity index (χ2v) is 10.8. The van der Waals surface area contributed by atoms with Gasteiger partial charge in [-0.15, -0.1) is 12.6 Å². The van der Waals surface area contributed by atoms with Gasteiger partial charge in [-0.05, 0) is 29.9 Å². The van der Waals surface area contributed by atoms with Crippen LogP contribution in [0.4, 0.5) is 9.59 Å². The third-order valence-corrected chi connectivity index (χ3v) is 4.80. The molecule has 0 radical (unpaired) electrons. The van der Waals surface area contributed by atoms with Gasteiger partial charge in [0.25, 0.3) is 0 Å². The van der Waals surface area contributed by atoms with Gasteiger partial charge in [-0.25, -0.2) is 18.2 Å². The molecule has 172 valence electrons. The van der Waals surface area contributed by atoms with Gasteiger partial charge in [-0.3, -0.25) is 14.5 Å². The first-order valence-electron chi connectivity index (χ1n) is 9.42. The highest BCUT2D eigenvalue weighted by atomic mass is 32.2. The Bertz CT molecular complexity index is 824. The maximum absolute atomic E-state index is 12.9. The number of ketones is 1. The average Bonchev–Trinajstić information content (AvgIpc) is 2.62. The number of carbonyl (C=O) groups excluding carboxylic acids is 3. The predicted molar refractivity (Wildman–Crippen MR) is 126 cm³/mol. The van der Waals surface area contributed by atoms with E-state index in [4.69, 9.17) is 4.84 Å². The van der Waals surface area contributed by atoms with Crippen molar-refractivity contribution in [3.63, 3.8) is 0 Å². The van der Waals surface area contributed by atoms with E-state index in [0.29, 0.717) is 16.9 Å². The molecule has 0 saturated heterocycles. The largest absolute Gasteiger partial charge is 0.447 e. The number of carbonyl (C=O) groups is 3. The van der Waals surface area contributed by atoms with E-state index in [9.17, 15) is 14.4 Å². The monoisotopic (exact) mass is 470 g/mol. The van der Waals surface area contributed by atoms with Crippen molar-refractivity contribution in [2.75, 3.05) is 14.1 Å². The molecule has 11 heteroatoms. The van der Waals surface area contributed by atoms with Crippen LogP contribution in [-0.4, -0.2) is 51.4 Å². The average molecular weight is 471 g/mol. The molecule has 0 heterocycles. The van der Waals surface area contributed by atoms with Gasteiger partial charge in [0.2, 0.25) is 0 Å². The van der Waals surface area contributed by atoms with E-state index in [2.05, 4.69) is 27.8 Å². The number of nitrogens with zero attached hydrogens (tertiary/aromatic N) is 4. The molecule has 0 aliphatic heterocycles. The molecule has 0 aromatic carbocycles. The molecule has 0 aromatic rings. The third kappa shape index (κ3) is 8.06. The maximum atomic E-state index is 12.9. The van der Waals surface area contributed by atoms with Gasteiger partial charge in [0.15, 0.2) is 5.78 Å². The van der Waals surface area contributed by atoms with Crippen molar-refractivity contribution in [1.82, 2.24) is 8.61 Å². The summed E-state index contributed by atoms with van der Waals surface area (Å²) in [6.07, 6.45) is 1.63. The van der Waals surface area contributed by atoms with Crippen LogP contribution in [0.15, 0.2) is 33.6 Å². The lowest BCUT2D eigenvalue weighted by molar-refractivity contribution is -0.114. The van der Waals surface area contributed by atoms with Crippen LogP contribution < -0.4 is 0 Å². The van der Waals surface area contributed by atoms with E-state index in [-0.39, 0.29) is 10.8 Å². The molecule has 31 heavy (non-hydrogen) atoms. The molecule has 0 aromatic heterocycles. The van der Waals surface area contributed by atoms with Crippen LogP contribution in [0.5, 0.6) is 0 Å². The fourth-order valence-electron chi connectivity index (χ4n) is 2.34. The molecule has 9 nitrogen and oxygen atoms in total. The summed E-state index contributed by atoms with van der Waals surface area (Å²) < 4.78 is 2.10. The van der Waals surface area contributed by atoms with Crippen LogP contribution in [0.2, 0.25) is 0 Å². The lowest BCUT2D eigenvalue weighted by atomic mass is 9.72. The summed E-state index contributed by atoms with van der Waals surface area (Å²) in [5.41, 5.74) is 0.708. The van der Waals surface area contributed by atoms with Crippen LogP contribution in [0.1, 0.15) is 48.5 Å². The van der Waals surface area contributed by atoms with E-state index in [1.54, 1.807) is 19.1 Å². The second kappa shape index (κ2) is 10.4. The van der Waals surface area contributed by atoms with Crippen LogP contribution in [0, 0.1) is 10.8 Å². The summed E-state index contributed by atoms with van der Waals surface area (Å²) in [6.45, 7) is 13.2. The van der Waals surface area contributed by atoms with Gasteiger partial charge in [0.1, 0.15) is 10.8 Å². The number of oxime groups is 2. The number of rotatable bonds is 4. The highest BCUT2D eigenvalue weighted by Crippen LogP contribution is 2.37. The van der Waals surface area contributed by atoms with Gasteiger partial charge in [-0.1, -0.05) is 51.9 Å². The fraction of sp³-hybridized carbons (Fsp3) is 0.550. The Morgan fingerprint density at radius 1 is 0.935 bits per heavy atom. The minimum Gasteiger partial charge on any atom is -0.297 e. The lowest BCUT2D eigenvalue weighted by Gasteiger charge is -2.30. The number of hydrogen-bond acceptors (Lipinski definition) is 8. The normalized spacial score (nSPS) is 15.1. The summed E-state index contributed by atoms with van der Waals surface area (Å²) >= 11 is 4.63. The first kappa shape index (κ1) is 26.8. The van der Waals surface area contributed by atoms with Gasteiger partial charge >= 0.3 is 12.2 Å². The molecule has 1 rings (SSSR count). The molecule has 0 saturated carbocycles. The molecule has 1 aliphatic carbocycles. The third-order valence-electron chi connectivity index (χ3n) is 3.93. The van der Waals surface area contributed by atoms with Gasteiger partial charge in [-0.2, -0.15) is 0 Å². The van der Waals surface area contributed by atoms with Gasteiger partial charge in [0, 0.05) is 25.2 Å². The van der Waals surface area contributed by atoms with E-state index in [1.807, 2.05) is 41.5 Å².